The van der Waals surface area contributed by atoms with Crippen LogP contribution in [0.15, 0.2) is 18.2 Å². The molecule has 0 bridgehead atoms. The summed E-state index contributed by atoms with van der Waals surface area (Å²) in [6, 6.07) is 3.54. The molecule has 0 aromatic heterocycles. The molecule has 0 fully saturated rings. The van der Waals surface area contributed by atoms with Crippen molar-refractivity contribution in [2.24, 2.45) is 23.5 Å². The van der Waals surface area contributed by atoms with Gasteiger partial charge in [0.05, 0.1) is 11.8 Å². The van der Waals surface area contributed by atoms with Crippen molar-refractivity contribution in [1.82, 2.24) is 0 Å². The van der Waals surface area contributed by atoms with Crippen molar-refractivity contribution >= 4 is 24.1 Å². The molecule has 1 aromatic carbocycles. The largest absolute Gasteiger partial charge is 0.508 e. The lowest BCUT2D eigenvalue weighted by Gasteiger charge is -2.23. The molecule has 0 aliphatic carbocycles. The summed E-state index contributed by atoms with van der Waals surface area (Å²) in [7, 11) is 0. The van der Waals surface area contributed by atoms with E-state index in [1.54, 1.807) is 54.5 Å². The highest BCUT2D eigenvalue weighted by molar-refractivity contribution is 5.78. The van der Waals surface area contributed by atoms with E-state index in [1.165, 1.54) is 12.1 Å². The van der Waals surface area contributed by atoms with Gasteiger partial charge in [-0.25, -0.2) is 4.79 Å². The van der Waals surface area contributed by atoms with Crippen LogP contribution >= 0.6 is 0 Å². The Labute approximate surface area is 219 Å². The van der Waals surface area contributed by atoms with Gasteiger partial charge in [-0.2, -0.15) is 0 Å². The Bertz CT molecular complexity index is 942. The second-order valence-corrected chi connectivity index (χ2v) is 10.0. The molecule has 208 valence electrons. The highest BCUT2D eigenvalue weighted by Gasteiger charge is 2.26. The van der Waals surface area contributed by atoms with Crippen LogP contribution in [0, 0.1) is 17.8 Å². The van der Waals surface area contributed by atoms with Gasteiger partial charge in [0, 0.05) is 0 Å². The molecule has 0 amide bonds. The predicted octanol–water partition coefficient (Wildman–Crippen LogP) is 4.20. The van der Waals surface area contributed by atoms with E-state index in [0.29, 0.717) is 5.56 Å². The van der Waals surface area contributed by atoms with Gasteiger partial charge in [0.2, 0.25) is 0 Å². The third-order valence-corrected chi connectivity index (χ3v) is 5.60. The summed E-state index contributed by atoms with van der Waals surface area (Å²) in [4.78, 5) is 48.8. The third-order valence-electron chi connectivity index (χ3n) is 5.60. The number of benzene rings is 1. The molecule has 10 nitrogen and oxygen atoms in total. The molecular formula is C27H41NO9. The summed E-state index contributed by atoms with van der Waals surface area (Å²) in [6.07, 6.45) is -2.65. The summed E-state index contributed by atoms with van der Waals surface area (Å²) in [5.74, 6) is -2.23. The van der Waals surface area contributed by atoms with Crippen LogP contribution in [-0.2, 0) is 35.0 Å². The topological polar surface area (TPSA) is 140 Å². The summed E-state index contributed by atoms with van der Waals surface area (Å²) < 4.78 is 26.5. The second kappa shape index (κ2) is 14.6. The molecule has 4 atom stereocenters. The highest BCUT2D eigenvalue weighted by Crippen LogP contribution is 2.30. The second-order valence-electron chi connectivity index (χ2n) is 10.0. The van der Waals surface area contributed by atoms with E-state index < -0.39 is 48.2 Å². The van der Waals surface area contributed by atoms with Gasteiger partial charge in [-0.15, -0.1) is 0 Å². The highest BCUT2D eigenvalue weighted by atomic mass is 16.7. The van der Waals surface area contributed by atoms with Crippen molar-refractivity contribution in [1.29, 1.82) is 0 Å². The Balaban J connectivity index is 2.86. The average Bonchev–Trinajstić information content (AvgIpc) is 2.79. The third kappa shape index (κ3) is 10.8. The van der Waals surface area contributed by atoms with Gasteiger partial charge in [0.1, 0.15) is 24.4 Å². The number of hydrogen-bond acceptors (Lipinski definition) is 10. The molecule has 2 N–H and O–H groups in total. The van der Waals surface area contributed by atoms with Crippen LogP contribution in [0.1, 0.15) is 67.9 Å². The normalized spacial score (nSPS) is 14.5. The zero-order valence-electron chi connectivity index (χ0n) is 23.2. The average molecular weight is 524 g/mol. The standard InChI is InChI=1S/C27H41NO9/c1-14(2)17(7)34-27(32)35-19(9)18(8)33-26(31)21(28)12-20-10-11-22(36-24(29)15(3)4)23(13-20)37-25(30)16(5)6/h10-11,13-19,21H,12,28H2,1-9H3/t17?,18-,19-,21-/m0/s1. The molecule has 0 spiro atoms. The molecule has 10 heteroatoms. The molecule has 37 heavy (non-hydrogen) atoms. The molecule has 0 radical (unpaired) electrons. The quantitative estimate of drug-likeness (QED) is 0.313. The lowest BCUT2D eigenvalue weighted by atomic mass is 10.1. The Morgan fingerprint density at radius 2 is 1.16 bits per heavy atom. The number of rotatable bonds is 12. The van der Waals surface area contributed by atoms with Gasteiger partial charge < -0.3 is 29.4 Å². The van der Waals surface area contributed by atoms with E-state index in [4.69, 9.17) is 29.4 Å². The lowest BCUT2D eigenvalue weighted by Crippen LogP contribution is -2.39. The van der Waals surface area contributed by atoms with E-state index in [-0.39, 0.29) is 35.9 Å². The van der Waals surface area contributed by atoms with Crippen molar-refractivity contribution < 1.29 is 42.9 Å². The minimum atomic E-state index is -1.06. The number of ether oxygens (including phenoxy) is 5. The number of carbonyl (C=O) groups excluding carboxylic acids is 4. The molecule has 1 unspecified atom stereocenters. The fourth-order valence-electron chi connectivity index (χ4n) is 2.56. The van der Waals surface area contributed by atoms with Crippen LogP contribution in [0.2, 0.25) is 0 Å². The maximum absolute atomic E-state index is 12.6. The van der Waals surface area contributed by atoms with Gasteiger partial charge in [-0.05, 0) is 50.8 Å². The number of esters is 3. The summed E-state index contributed by atoms with van der Waals surface area (Å²) in [6.45, 7) is 15.5. The fourth-order valence-corrected chi connectivity index (χ4v) is 2.56. The summed E-state index contributed by atoms with van der Waals surface area (Å²) in [5.41, 5.74) is 6.61. The minimum absolute atomic E-state index is 0.0512. The van der Waals surface area contributed by atoms with Crippen LogP contribution in [0.25, 0.3) is 0 Å². The van der Waals surface area contributed by atoms with Crippen molar-refractivity contribution in [3.63, 3.8) is 0 Å². The van der Waals surface area contributed by atoms with E-state index in [2.05, 4.69) is 0 Å². The van der Waals surface area contributed by atoms with Crippen molar-refractivity contribution in [2.45, 2.75) is 93.1 Å². The Morgan fingerprint density at radius 3 is 1.68 bits per heavy atom. The van der Waals surface area contributed by atoms with Gasteiger partial charge in [0.25, 0.3) is 0 Å². The Kier molecular flexibility index (Phi) is 12.6. The number of hydrogen-bond donors (Lipinski definition) is 1. The van der Waals surface area contributed by atoms with Gasteiger partial charge in [0.15, 0.2) is 11.5 Å². The monoisotopic (exact) mass is 523 g/mol. The summed E-state index contributed by atoms with van der Waals surface area (Å²) in [5, 5.41) is 0. The van der Waals surface area contributed by atoms with E-state index >= 15 is 0 Å². The van der Waals surface area contributed by atoms with Crippen LogP contribution in [0.4, 0.5) is 4.79 Å². The number of carbonyl (C=O) groups is 4. The molecule has 0 heterocycles. The fraction of sp³-hybridized carbons (Fsp3) is 0.630. The molecule has 1 rings (SSSR count). The van der Waals surface area contributed by atoms with E-state index in [1.807, 2.05) is 13.8 Å². The van der Waals surface area contributed by atoms with E-state index in [9.17, 15) is 19.2 Å². The van der Waals surface area contributed by atoms with Crippen molar-refractivity contribution in [2.75, 3.05) is 0 Å². The zero-order valence-corrected chi connectivity index (χ0v) is 23.2. The van der Waals surface area contributed by atoms with Gasteiger partial charge in [-0.1, -0.05) is 47.6 Å². The van der Waals surface area contributed by atoms with Gasteiger partial charge >= 0.3 is 24.1 Å². The molecular weight excluding hydrogens is 482 g/mol. The van der Waals surface area contributed by atoms with E-state index in [0.717, 1.165) is 0 Å². The summed E-state index contributed by atoms with van der Waals surface area (Å²) >= 11 is 0. The van der Waals surface area contributed by atoms with Crippen LogP contribution in [-0.4, -0.2) is 48.4 Å². The smallest absolute Gasteiger partial charge is 0.458 e. The molecule has 0 aliphatic heterocycles. The molecule has 0 saturated carbocycles. The first-order valence-corrected chi connectivity index (χ1v) is 12.5. The molecule has 1 aromatic rings. The molecule has 0 saturated heterocycles. The zero-order chi connectivity index (χ0) is 28.4. The van der Waals surface area contributed by atoms with Crippen LogP contribution in [0.5, 0.6) is 11.5 Å². The van der Waals surface area contributed by atoms with Crippen molar-refractivity contribution in [3.8, 4) is 11.5 Å². The van der Waals surface area contributed by atoms with Crippen LogP contribution < -0.4 is 15.2 Å². The van der Waals surface area contributed by atoms with Gasteiger partial charge in [-0.3, -0.25) is 14.4 Å². The van der Waals surface area contributed by atoms with Crippen LogP contribution in [0.3, 0.4) is 0 Å². The minimum Gasteiger partial charge on any atom is -0.458 e. The maximum atomic E-state index is 12.6. The lowest BCUT2D eigenvalue weighted by molar-refractivity contribution is -0.156. The molecule has 0 aliphatic rings. The predicted molar refractivity (Wildman–Crippen MR) is 136 cm³/mol. The first-order valence-electron chi connectivity index (χ1n) is 12.5. The Morgan fingerprint density at radius 1 is 0.676 bits per heavy atom. The van der Waals surface area contributed by atoms with Crippen molar-refractivity contribution in [3.05, 3.63) is 23.8 Å². The first-order chi connectivity index (χ1) is 17.1. The SMILES string of the molecule is CC(C)C(=O)Oc1ccc(C[C@H](N)C(=O)O[C@@H](C)[C@H](C)OC(=O)OC(C)C(C)C)cc1OC(=O)C(C)C. The maximum Gasteiger partial charge on any atom is 0.508 e. The first kappa shape index (κ1) is 31.9. The number of nitrogens with two attached hydrogens (primary N) is 1. The Hall–Kier alpha value is -3.14.